The van der Waals surface area contributed by atoms with Crippen LogP contribution in [-0.2, 0) is 0 Å². The molecule has 0 spiro atoms. The Kier molecular flexibility index (Phi) is 3.52. The number of hydrogen-bond donors (Lipinski definition) is 1. The molecule has 0 saturated carbocycles. The lowest BCUT2D eigenvalue weighted by molar-refractivity contribution is -0.187. The van der Waals surface area contributed by atoms with Gasteiger partial charge in [-0.15, -0.1) is 0 Å². The highest BCUT2D eigenvalue weighted by Crippen LogP contribution is 2.24. The first-order valence-electron chi connectivity index (χ1n) is 4.40. The zero-order valence-corrected chi connectivity index (χ0v) is 8.12. The fourth-order valence-corrected chi connectivity index (χ4v) is 1.13. The number of halogens is 3. The summed E-state index contributed by atoms with van der Waals surface area (Å²) in [4.78, 5) is 0. The molecule has 15 heavy (non-hydrogen) atoms. The Morgan fingerprint density at radius 2 is 1.80 bits per heavy atom. The molecular weight excluding hydrogens is 205 g/mol. The smallest absolute Gasteiger partial charge is 0.380 e. The molecule has 0 saturated heterocycles. The fraction of sp³-hybridized carbons (Fsp3) is 0.273. The number of allylic oxidation sites excluding steroid dienone is 1. The predicted molar refractivity (Wildman–Crippen MR) is 52.2 cm³/mol. The first-order chi connectivity index (χ1) is 6.91. The van der Waals surface area contributed by atoms with Crippen molar-refractivity contribution in [2.24, 2.45) is 0 Å². The van der Waals surface area contributed by atoms with Crippen LogP contribution in [0.4, 0.5) is 13.2 Å². The second-order valence-corrected chi connectivity index (χ2v) is 3.20. The molecule has 0 bridgehead atoms. The lowest BCUT2D eigenvalue weighted by atomic mass is 10.1. The number of aliphatic hydroxyl groups excluding tert-OH is 1. The maximum absolute atomic E-state index is 12.0. The van der Waals surface area contributed by atoms with Crippen molar-refractivity contribution in [3.63, 3.8) is 0 Å². The number of benzene rings is 1. The van der Waals surface area contributed by atoms with Crippen LogP contribution in [0.5, 0.6) is 0 Å². The van der Waals surface area contributed by atoms with Crippen LogP contribution in [0.1, 0.15) is 12.5 Å². The maximum atomic E-state index is 12.0. The molecule has 4 heteroatoms. The van der Waals surface area contributed by atoms with Crippen LogP contribution in [0.15, 0.2) is 36.4 Å². The molecule has 1 atom stereocenters. The third-order valence-corrected chi connectivity index (χ3v) is 1.97. The summed E-state index contributed by atoms with van der Waals surface area (Å²) < 4.78 is 36.1. The number of aliphatic hydroxyl groups is 1. The first-order valence-corrected chi connectivity index (χ1v) is 4.40. The minimum Gasteiger partial charge on any atom is -0.380 e. The highest BCUT2D eigenvalue weighted by atomic mass is 19.4. The summed E-state index contributed by atoms with van der Waals surface area (Å²) in [6, 6.07) is 8.61. The minimum absolute atomic E-state index is 0.403. The summed E-state index contributed by atoms with van der Waals surface area (Å²) in [5.41, 5.74) is 1.07. The van der Waals surface area contributed by atoms with Gasteiger partial charge in [-0.3, -0.25) is 0 Å². The average Bonchev–Trinajstić information content (AvgIpc) is 2.17. The SMILES string of the molecule is C/C(=C\C(O)C(F)(F)F)c1ccccc1. The molecule has 1 rings (SSSR count). The van der Waals surface area contributed by atoms with E-state index in [1.165, 1.54) is 6.92 Å². The van der Waals surface area contributed by atoms with Crippen LogP contribution in [0.25, 0.3) is 5.57 Å². The highest BCUT2D eigenvalue weighted by Gasteiger charge is 2.36. The normalized spacial score (nSPS) is 15.1. The fourth-order valence-electron chi connectivity index (χ4n) is 1.13. The van der Waals surface area contributed by atoms with Gasteiger partial charge in [0.15, 0.2) is 6.10 Å². The Labute approximate surface area is 85.9 Å². The Bertz CT molecular complexity index is 341. The van der Waals surface area contributed by atoms with Crippen molar-refractivity contribution in [3.05, 3.63) is 42.0 Å². The molecule has 1 aromatic carbocycles. The van der Waals surface area contributed by atoms with Crippen molar-refractivity contribution >= 4 is 5.57 Å². The van der Waals surface area contributed by atoms with E-state index in [0.29, 0.717) is 11.1 Å². The molecule has 0 aliphatic rings. The molecule has 0 aromatic heterocycles. The van der Waals surface area contributed by atoms with Gasteiger partial charge in [0.25, 0.3) is 0 Å². The summed E-state index contributed by atoms with van der Waals surface area (Å²) >= 11 is 0. The number of hydrogen-bond acceptors (Lipinski definition) is 1. The van der Waals surface area contributed by atoms with Gasteiger partial charge in [-0.2, -0.15) is 13.2 Å². The molecule has 0 heterocycles. The van der Waals surface area contributed by atoms with Crippen molar-refractivity contribution in [1.29, 1.82) is 0 Å². The van der Waals surface area contributed by atoms with Crippen LogP contribution in [0.2, 0.25) is 0 Å². The van der Waals surface area contributed by atoms with E-state index >= 15 is 0 Å². The van der Waals surface area contributed by atoms with E-state index in [-0.39, 0.29) is 0 Å². The molecule has 1 nitrogen and oxygen atoms in total. The summed E-state index contributed by atoms with van der Waals surface area (Å²) in [5.74, 6) is 0. The van der Waals surface area contributed by atoms with Crippen LogP contribution < -0.4 is 0 Å². The molecule has 0 aliphatic carbocycles. The van der Waals surface area contributed by atoms with Gasteiger partial charge in [0.05, 0.1) is 0 Å². The van der Waals surface area contributed by atoms with E-state index < -0.39 is 12.3 Å². The Morgan fingerprint density at radius 1 is 1.27 bits per heavy atom. The van der Waals surface area contributed by atoms with Gasteiger partial charge >= 0.3 is 6.18 Å². The third-order valence-electron chi connectivity index (χ3n) is 1.97. The van der Waals surface area contributed by atoms with Crippen LogP contribution in [0.3, 0.4) is 0 Å². The Balaban J connectivity index is 2.86. The van der Waals surface area contributed by atoms with Crippen molar-refractivity contribution < 1.29 is 18.3 Å². The van der Waals surface area contributed by atoms with E-state index in [1.807, 2.05) is 0 Å². The Hall–Kier alpha value is -1.29. The lowest BCUT2D eigenvalue weighted by Crippen LogP contribution is -2.26. The monoisotopic (exact) mass is 216 g/mol. The van der Waals surface area contributed by atoms with Gasteiger partial charge < -0.3 is 5.11 Å². The third kappa shape index (κ3) is 3.40. The average molecular weight is 216 g/mol. The maximum Gasteiger partial charge on any atom is 0.418 e. The summed E-state index contributed by atoms with van der Waals surface area (Å²) in [6.45, 7) is 1.53. The molecule has 1 N–H and O–H groups in total. The minimum atomic E-state index is -4.60. The van der Waals surface area contributed by atoms with Crippen molar-refractivity contribution in [2.45, 2.75) is 19.2 Å². The van der Waals surface area contributed by atoms with Gasteiger partial charge in [0.2, 0.25) is 0 Å². The van der Waals surface area contributed by atoms with Crippen molar-refractivity contribution in [2.75, 3.05) is 0 Å². The molecule has 0 radical (unpaired) electrons. The predicted octanol–water partition coefficient (Wildman–Crippen LogP) is 3.01. The zero-order valence-electron chi connectivity index (χ0n) is 8.12. The van der Waals surface area contributed by atoms with Crippen LogP contribution >= 0.6 is 0 Å². The highest BCUT2D eigenvalue weighted by molar-refractivity contribution is 5.63. The molecule has 1 aromatic rings. The number of rotatable bonds is 2. The molecule has 0 aliphatic heterocycles. The van der Waals surface area contributed by atoms with Crippen LogP contribution in [0, 0.1) is 0 Å². The second-order valence-electron chi connectivity index (χ2n) is 3.20. The zero-order chi connectivity index (χ0) is 11.5. The van der Waals surface area contributed by atoms with Gasteiger partial charge in [0.1, 0.15) is 0 Å². The van der Waals surface area contributed by atoms with E-state index in [1.54, 1.807) is 30.3 Å². The van der Waals surface area contributed by atoms with Crippen LogP contribution in [-0.4, -0.2) is 17.4 Å². The quantitative estimate of drug-likeness (QED) is 0.805. The lowest BCUT2D eigenvalue weighted by Gasteiger charge is -2.11. The van der Waals surface area contributed by atoms with Crippen molar-refractivity contribution in [3.8, 4) is 0 Å². The molecule has 0 amide bonds. The number of alkyl halides is 3. The van der Waals surface area contributed by atoms with E-state index in [0.717, 1.165) is 6.08 Å². The van der Waals surface area contributed by atoms with Gasteiger partial charge in [0, 0.05) is 0 Å². The topological polar surface area (TPSA) is 20.2 Å². The largest absolute Gasteiger partial charge is 0.418 e. The van der Waals surface area contributed by atoms with E-state index in [4.69, 9.17) is 5.11 Å². The van der Waals surface area contributed by atoms with Gasteiger partial charge in [-0.1, -0.05) is 30.3 Å². The first kappa shape index (κ1) is 11.8. The molecular formula is C11H11F3O. The van der Waals surface area contributed by atoms with E-state index in [9.17, 15) is 13.2 Å². The molecule has 0 fully saturated rings. The van der Waals surface area contributed by atoms with Gasteiger partial charge in [-0.05, 0) is 24.1 Å². The summed E-state index contributed by atoms with van der Waals surface area (Å²) in [5, 5.41) is 8.82. The van der Waals surface area contributed by atoms with E-state index in [2.05, 4.69) is 0 Å². The summed E-state index contributed by atoms with van der Waals surface area (Å²) in [6.07, 6.45) is -6.21. The molecule has 1 unspecified atom stereocenters. The molecule has 82 valence electrons. The van der Waals surface area contributed by atoms with Crippen molar-refractivity contribution in [1.82, 2.24) is 0 Å². The standard InChI is InChI=1S/C11H11F3O/c1-8(7-10(15)11(12,13)14)9-5-3-2-4-6-9/h2-7,10,15H,1H3/b8-7+. The van der Waals surface area contributed by atoms with Gasteiger partial charge in [-0.25, -0.2) is 0 Å². The summed E-state index contributed by atoms with van der Waals surface area (Å²) in [7, 11) is 0. The Morgan fingerprint density at radius 3 is 2.27 bits per heavy atom. The second kappa shape index (κ2) is 4.49.